The van der Waals surface area contributed by atoms with Gasteiger partial charge in [-0.2, -0.15) is 0 Å². The van der Waals surface area contributed by atoms with Crippen molar-refractivity contribution in [2.45, 2.75) is 18.7 Å². The molecule has 1 amide bonds. The number of nitro benzene ring substituents is 1. The molecule has 166 valence electrons. The van der Waals surface area contributed by atoms with Crippen LogP contribution in [0, 0.1) is 10.1 Å². The second-order valence-electron chi connectivity index (χ2n) is 6.74. The molecule has 11 heteroatoms. The maximum atomic E-state index is 12.2. The normalized spacial score (nSPS) is 15.9. The van der Waals surface area contributed by atoms with Gasteiger partial charge in [-0.15, -0.1) is 0 Å². The lowest BCUT2D eigenvalue weighted by Crippen LogP contribution is -2.42. The SMILES string of the molecule is COc1ccc(CSC2=NC(C)=C(C(=O)O)C(c3cccc([N+](=O)[O-])c3)N2C(=O)O)cc1. The van der Waals surface area contributed by atoms with Crippen LogP contribution in [0.1, 0.15) is 24.1 Å². The molecule has 2 N–H and O–H groups in total. The first kappa shape index (κ1) is 22.8. The van der Waals surface area contributed by atoms with E-state index in [1.807, 2.05) is 12.1 Å². The van der Waals surface area contributed by atoms with Gasteiger partial charge in [-0.05, 0) is 30.2 Å². The van der Waals surface area contributed by atoms with E-state index in [4.69, 9.17) is 4.74 Å². The predicted molar refractivity (Wildman–Crippen MR) is 118 cm³/mol. The number of amides is 1. The lowest BCUT2D eigenvalue weighted by molar-refractivity contribution is -0.384. The third-order valence-electron chi connectivity index (χ3n) is 4.75. The fourth-order valence-electron chi connectivity index (χ4n) is 3.25. The standard InChI is InChI=1S/C21H19N3O7S/c1-12-17(19(25)26)18(14-4-3-5-15(10-14)24(29)30)23(21(27)28)20(22-12)32-11-13-6-8-16(31-2)9-7-13/h3-10,18H,11H2,1-2H3,(H,25,26)(H,27,28). The highest BCUT2D eigenvalue weighted by atomic mass is 32.2. The van der Waals surface area contributed by atoms with Gasteiger partial charge in [0.1, 0.15) is 11.8 Å². The number of ether oxygens (including phenoxy) is 1. The highest BCUT2D eigenvalue weighted by Gasteiger charge is 2.40. The number of nitrogens with zero attached hydrogens (tertiary/aromatic N) is 3. The Hall–Kier alpha value is -3.86. The van der Waals surface area contributed by atoms with E-state index in [9.17, 15) is 29.9 Å². The van der Waals surface area contributed by atoms with Crippen LogP contribution in [0.2, 0.25) is 0 Å². The van der Waals surface area contributed by atoms with E-state index in [1.54, 1.807) is 19.2 Å². The van der Waals surface area contributed by atoms with Crippen molar-refractivity contribution >= 4 is 34.7 Å². The minimum atomic E-state index is -1.42. The Morgan fingerprint density at radius 1 is 1.22 bits per heavy atom. The molecule has 3 rings (SSSR count). The molecular weight excluding hydrogens is 438 g/mol. The van der Waals surface area contributed by atoms with Crippen LogP contribution < -0.4 is 4.74 Å². The Labute approximate surface area is 187 Å². The molecule has 10 nitrogen and oxygen atoms in total. The van der Waals surface area contributed by atoms with Crippen LogP contribution >= 0.6 is 11.8 Å². The number of carbonyl (C=O) groups is 2. The minimum absolute atomic E-state index is 0.0762. The summed E-state index contributed by atoms with van der Waals surface area (Å²) < 4.78 is 5.12. The number of amidine groups is 1. The highest BCUT2D eigenvalue weighted by Crippen LogP contribution is 2.39. The topological polar surface area (TPSA) is 143 Å². The lowest BCUT2D eigenvalue weighted by Gasteiger charge is -2.34. The Kier molecular flexibility index (Phi) is 6.79. The second-order valence-corrected chi connectivity index (χ2v) is 7.69. The van der Waals surface area contributed by atoms with Crippen molar-refractivity contribution < 1.29 is 29.5 Å². The van der Waals surface area contributed by atoms with Gasteiger partial charge in [0.25, 0.3) is 5.69 Å². The van der Waals surface area contributed by atoms with Gasteiger partial charge in [-0.25, -0.2) is 19.5 Å². The molecule has 1 unspecified atom stereocenters. The van der Waals surface area contributed by atoms with Gasteiger partial charge < -0.3 is 14.9 Å². The third kappa shape index (κ3) is 4.72. The summed E-state index contributed by atoms with van der Waals surface area (Å²) in [6.07, 6.45) is -1.42. The summed E-state index contributed by atoms with van der Waals surface area (Å²) >= 11 is 1.12. The Bertz CT molecular complexity index is 1130. The van der Waals surface area contributed by atoms with E-state index in [1.165, 1.54) is 31.2 Å². The van der Waals surface area contributed by atoms with Crippen molar-refractivity contribution in [3.63, 3.8) is 0 Å². The summed E-state index contributed by atoms with van der Waals surface area (Å²) in [5.41, 5.74) is 0.632. The number of aliphatic carboxylic acids is 1. The Morgan fingerprint density at radius 3 is 2.47 bits per heavy atom. The lowest BCUT2D eigenvalue weighted by atomic mass is 9.94. The quantitative estimate of drug-likeness (QED) is 0.483. The molecule has 1 aliphatic heterocycles. The molecule has 0 aliphatic carbocycles. The van der Waals surface area contributed by atoms with Crippen LogP contribution in [0.15, 0.2) is 64.8 Å². The van der Waals surface area contributed by atoms with Crippen LogP contribution in [0.3, 0.4) is 0 Å². The maximum absolute atomic E-state index is 12.2. The number of benzene rings is 2. The molecule has 0 saturated heterocycles. The first-order valence-electron chi connectivity index (χ1n) is 9.28. The largest absolute Gasteiger partial charge is 0.497 e. The fourth-order valence-corrected chi connectivity index (χ4v) is 4.27. The number of non-ortho nitro benzene ring substituents is 1. The number of rotatable bonds is 6. The first-order valence-corrected chi connectivity index (χ1v) is 10.3. The fraction of sp³-hybridized carbons (Fsp3) is 0.190. The average Bonchev–Trinajstić information content (AvgIpc) is 2.76. The van der Waals surface area contributed by atoms with Crippen molar-refractivity contribution in [1.82, 2.24) is 4.90 Å². The molecule has 0 aromatic heterocycles. The smallest absolute Gasteiger partial charge is 0.414 e. The van der Waals surface area contributed by atoms with E-state index in [0.29, 0.717) is 11.5 Å². The molecule has 1 aliphatic rings. The van der Waals surface area contributed by atoms with Crippen LogP contribution in [-0.4, -0.2) is 44.4 Å². The molecule has 0 bridgehead atoms. The Balaban J connectivity index is 2.02. The predicted octanol–water partition coefficient (Wildman–Crippen LogP) is 4.29. The molecule has 2 aromatic carbocycles. The van der Waals surface area contributed by atoms with Gasteiger partial charge in [0.05, 0.1) is 23.3 Å². The summed E-state index contributed by atoms with van der Waals surface area (Å²) in [5.74, 6) is -0.311. The number of carboxylic acid groups (broad SMARTS) is 2. The first-order chi connectivity index (χ1) is 15.2. The van der Waals surface area contributed by atoms with Crippen molar-refractivity contribution in [2.75, 3.05) is 7.11 Å². The zero-order chi connectivity index (χ0) is 23.4. The van der Waals surface area contributed by atoms with Crippen LogP contribution in [-0.2, 0) is 10.5 Å². The number of allylic oxidation sites excluding steroid dienone is 1. The van der Waals surface area contributed by atoms with E-state index >= 15 is 0 Å². The summed E-state index contributed by atoms with van der Waals surface area (Å²) in [6.45, 7) is 1.47. The number of nitro groups is 1. The van der Waals surface area contributed by atoms with E-state index in [0.717, 1.165) is 22.2 Å². The van der Waals surface area contributed by atoms with Crippen molar-refractivity contribution in [3.05, 3.63) is 81.0 Å². The summed E-state index contributed by atoms with van der Waals surface area (Å²) in [6, 6.07) is 11.2. The molecular formula is C21H19N3O7S. The van der Waals surface area contributed by atoms with Crippen LogP contribution in [0.25, 0.3) is 0 Å². The number of thioether (sulfide) groups is 1. The Morgan fingerprint density at radius 2 is 1.91 bits per heavy atom. The molecule has 0 fully saturated rings. The van der Waals surface area contributed by atoms with E-state index < -0.39 is 23.0 Å². The summed E-state index contributed by atoms with van der Waals surface area (Å²) in [7, 11) is 1.55. The van der Waals surface area contributed by atoms with E-state index in [-0.39, 0.29) is 27.7 Å². The zero-order valence-electron chi connectivity index (χ0n) is 17.1. The molecule has 1 atom stereocenters. The highest BCUT2D eigenvalue weighted by molar-refractivity contribution is 8.13. The monoisotopic (exact) mass is 457 g/mol. The number of aliphatic imine (C=N–C) groups is 1. The molecule has 0 radical (unpaired) electrons. The molecule has 2 aromatic rings. The average molecular weight is 457 g/mol. The van der Waals surface area contributed by atoms with Gasteiger partial charge in [0.2, 0.25) is 0 Å². The molecule has 32 heavy (non-hydrogen) atoms. The van der Waals surface area contributed by atoms with E-state index in [2.05, 4.69) is 4.99 Å². The molecule has 0 spiro atoms. The third-order valence-corrected chi connectivity index (χ3v) is 5.77. The summed E-state index contributed by atoms with van der Waals surface area (Å²) in [5, 5.41) is 31.0. The van der Waals surface area contributed by atoms with Crippen LogP contribution in [0.4, 0.5) is 10.5 Å². The van der Waals surface area contributed by atoms with Gasteiger partial charge in [-0.3, -0.25) is 10.1 Å². The number of hydrogen-bond acceptors (Lipinski definition) is 7. The zero-order valence-corrected chi connectivity index (χ0v) is 17.9. The van der Waals surface area contributed by atoms with Crippen molar-refractivity contribution in [3.8, 4) is 5.75 Å². The van der Waals surface area contributed by atoms with Gasteiger partial charge in [-0.1, -0.05) is 36.0 Å². The van der Waals surface area contributed by atoms with Gasteiger partial charge >= 0.3 is 12.1 Å². The maximum Gasteiger partial charge on any atom is 0.414 e. The summed E-state index contributed by atoms with van der Waals surface area (Å²) in [4.78, 5) is 39.8. The number of carboxylic acids is 1. The van der Waals surface area contributed by atoms with Crippen molar-refractivity contribution in [2.24, 2.45) is 4.99 Å². The van der Waals surface area contributed by atoms with Crippen LogP contribution in [0.5, 0.6) is 5.75 Å². The second kappa shape index (κ2) is 9.52. The van der Waals surface area contributed by atoms with Gasteiger partial charge in [0.15, 0.2) is 5.17 Å². The molecule has 1 heterocycles. The minimum Gasteiger partial charge on any atom is -0.497 e. The number of hydrogen-bond donors (Lipinski definition) is 2. The molecule has 0 saturated carbocycles. The van der Waals surface area contributed by atoms with Gasteiger partial charge in [0, 0.05) is 17.9 Å². The van der Waals surface area contributed by atoms with Crippen molar-refractivity contribution in [1.29, 1.82) is 0 Å². The number of methoxy groups -OCH3 is 1.